The molecule has 0 bridgehead atoms. The number of hydrogen-bond acceptors (Lipinski definition) is 2. The highest BCUT2D eigenvalue weighted by Crippen LogP contribution is 2.29. The first-order valence-electron chi connectivity index (χ1n) is 6.88. The van der Waals surface area contributed by atoms with Gasteiger partial charge in [-0.2, -0.15) is 0 Å². The Morgan fingerprint density at radius 3 is 2.15 bits per heavy atom. The van der Waals surface area contributed by atoms with Crippen molar-refractivity contribution in [1.82, 2.24) is 0 Å². The van der Waals surface area contributed by atoms with Crippen LogP contribution < -0.4 is 4.90 Å². The van der Waals surface area contributed by atoms with Gasteiger partial charge in [-0.3, -0.25) is 0 Å². The van der Waals surface area contributed by atoms with E-state index in [2.05, 4.69) is 15.9 Å². The molecule has 0 amide bonds. The summed E-state index contributed by atoms with van der Waals surface area (Å²) in [5, 5.41) is 0.435. The summed E-state index contributed by atoms with van der Waals surface area (Å²) in [6.07, 6.45) is 1.67. The van der Waals surface area contributed by atoms with Crippen LogP contribution in [0.15, 0.2) is 12.1 Å². The lowest BCUT2D eigenvalue weighted by molar-refractivity contribution is 0.202. The molecule has 1 rings (SSSR count). The van der Waals surface area contributed by atoms with Crippen molar-refractivity contribution in [2.45, 2.75) is 38.1 Å². The Balaban J connectivity index is 3.18. The molecule has 20 heavy (non-hydrogen) atoms. The van der Waals surface area contributed by atoms with E-state index in [4.69, 9.17) is 4.74 Å². The number of halogens is 3. The van der Waals surface area contributed by atoms with Crippen molar-refractivity contribution >= 4 is 21.6 Å². The van der Waals surface area contributed by atoms with Gasteiger partial charge in [0.25, 0.3) is 0 Å². The minimum absolute atomic E-state index is 0.0560. The number of ether oxygens (including phenoxy) is 1. The molecule has 0 radical (unpaired) electrons. The number of hydrogen-bond donors (Lipinski definition) is 0. The van der Waals surface area contributed by atoms with E-state index < -0.39 is 11.6 Å². The highest BCUT2D eigenvalue weighted by molar-refractivity contribution is 9.08. The standard InChI is InChI=1S/C15H22BrF2NO/c1-4-12(5-2)19(6-7-20-3)15-13(17)8-11(10-16)9-14(15)18/h8-9,12H,4-7,10H2,1-3H3. The van der Waals surface area contributed by atoms with Gasteiger partial charge in [0.05, 0.1) is 6.61 Å². The zero-order valence-corrected chi connectivity index (χ0v) is 13.8. The second-order valence-corrected chi connectivity index (χ2v) is 5.26. The van der Waals surface area contributed by atoms with E-state index in [0.717, 1.165) is 12.8 Å². The largest absolute Gasteiger partial charge is 0.383 e. The molecular weight excluding hydrogens is 328 g/mol. The van der Waals surface area contributed by atoms with Gasteiger partial charge >= 0.3 is 0 Å². The number of alkyl halides is 1. The van der Waals surface area contributed by atoms with E-state index in [-0.39, 0.29) is 11.7 Å². The fourth-order valence-electron chi connectivity index (χ4n) is 2.37. The van der Waals surface area contributed by atoms with E-state index in [1.165, 1.54) is 12.1 Å². The first-order chi connectivity index (χ1) is 9.58. The highest BCUT2D eigenvalue weighted by Gasteiger charge is 2.23. The summed E-state index contributed by atoms with van der Waals surface area (Å²) in [6, 6.07) is 2.87. The molecule has 0 heterocycles. The molecule has 0 fully saturated rings. The minimum Gasteiger partial charge on any atom is -0.383 e. The lowest BCUT2D eigenvalue weighted by Gasteiger charge is -2.33. The Labute approximate surface area is 128 Å². The van der Waals surface area contributed by atoms with Gasteiger partial charge in [-0.05, 0) is 30.5 Å². The van der Waals surface area contributed by atoms with Crippen LogP contribution in [0.4, 0.5) is 14.5 Å². The Kier molecular flexibility index (Phi) is 7.45. The van der Waals surface area contributed by atoms with Crippen LogP contribution in [0.3, 0.4) is 0 Å². The van der Waals surface area contributed by atoms with Crippen molar-refractivity contribution in [2.75, 3.05) is 25.2 Å². The van der Waals surface area contributed by atoms with E-state index in [9.17, 15) is 8.78 Å². The van der Waals surface area contributed by atoms with E-state index in [1.807, 2.05) is 13.8 Å². The highest BCUT2D eigenvalue weighted by atomic mass is 79.9. The zero-order chi connectivity index (χ0) is 15.1. The van der Waals surface area contributed by atoms with Gasteiger partial charge in [0.1, 0.15) is 17.3 Å². The first kappa shape index (κ1) is 17.4. The van der Waals surface area contributed by atoms with Gasteiger partial charge < -0.3 is 9.64 Å². The van der Waals surface area contributed by atoms with Crippen molar-refractivity contribution in [3.05, 3.63) is 29.3 Å². The topological polar surface area (TPSA) is 12.5 Å². The van der Waals surface area contributed by atoms with E-state index in [1.54, 1.807) is 12.0 Å². The van der Waals surface area contributed by atoms with Crippen molar-refractivity contribution < 1.29 is 13.5 Å². The lowest BCUT2D eigenvalue weighted by Crippen LogP contribution is -2.38. The van der Waals surface area contributed by atoms with Gasteiger partial charge in [-0.15, -0.1) is 0 Å². The lowest BCUT2D eigenvalue weighted by atomic mass is 10.1. The van der Waals surface area contributed by atoms with Crippen molar-refractivity contribution in [1.29, 1.82) is 0 Å². The molecule has 0 N–H and O–H groups in total. The van der Waals surface area contributed by atoms with Gasteiger partial charge in [-0.1, -0.05) is 29.8 Å². The van der Waals surface area contributed by atoms with Crippen LogP contribution in [0.2, 0.25) is 0 Å². The number of benzene rings is 1. The Morgan fingerprint density at radius 1 is 1.20 bits per heavy atom. The predicted molar refractivity (Wildman–Crippen MR) is 82.6 cm³/mol. The summed E-state index contributed by atoms with van der Waals surface area (Å²) in [7, 11) is 1.59. The molecule has 0 spiro atoms. The first-order valence-corrected chi connectivity index (χ1v) is 8.00. The zero-order valence-electron chi connectivity index (χ0n) is 12.3. The average Bonchev–Trinajstić information content (AvgIpc) is 2.44. The maximum absolute atomic E-state index is 14.3. The number of methoxy groups -OCH3 is 1. The van der Waals surface area contributed by atoms with Gasteiger partial charge in [-0.25, -0.2) is 8.78 Å². The van der Waals surface area contributed by atoms with Crippen molar-refractivity contribution in [2.24, 2.45) is 0 Å². The van der Waals surface area contributed by atoms with Crippen LogP contribution in [-0.4, -0.2) is 26.3 Å². The monoisotopic (exact) mass is 349 g/mol. The maximum Gasteiger partial charge on any atom is 0.149 e. The smallest absolute Gasteiger partial charge is 0.149 e. The molecule has 0 aliphatic carbocycles. The Morgan fingerprint density at radius 2 is 1.75 bits per heavy atom. The molecule has 1 aromatic carbocycles. The van der Waals surface area contributed by atoms with Crippen molar-refractivity contribution in [3.8, 4) is 0 Å². The molecular formula is C15H22BrF2NO. The molecule has 2 nitrogen and oxygen atoms in total. The second-order valence-electron chi connectivity index (χ2n) is 4.70. The normalized spacial score (nSPS) is 11.2. The molecule has 5 heteroatoms. The van der Waals surface area contributed by atoms with Gasteiger partial charge in [0.15, 0.2) is 0 Å². The van der Waals surface area contributed by atoms with E-state index >= 15 is 0 Å². The molecule has 1 aromatic rings. The minimum atomic E-state index is -0.512. The summed E-state index contributed by atoms with van der Waals surface area (Å²) in [6.45, 7) is 4.97. The third kappa shape index (κ3) is 4.16. The Bertz CT molecular complexity index is 401. The summed E-state index contributed by atoms with van der Waals surface area (Å²) in [4.78, 5) is 1.78. The van der Waals surface area contributed by atoms with Gasteiger partial charge in [0, 0.05) is 25.0 Å². The fourth-order valence-corrected chi connectivity index (χ4v) is 2.69. The summed E-state index contributed by atoms with van der Waals surface area (Å²) in [5.74, 6) is -1.02. The average molecular weight is 350 g/mol. The van der Waals surface area contributed by atoms with Crippen LogP contribution in [0.1, 0.15) is 32.3 Å². The third-order valence-corrected chi connectivity index (χ3v) is 4.09. The molecule has 0 atom stereocenters. The quantitative estimate of drug-likeness (QED) is 0.640. The van der Waals surface area contributed by atoms with Gasteiger partial charge in [0.2, 0.25) is 0 Å². The number of nitrogens with zero attached hydrogens (tertiary/aromatic N) is 1. The molecule has 0 aliphatic rings. The molecule has 0 aliphatic heterocycles. The van der Waals surface area contributed by atoms with Crippen LogP contribution in [0.5, 0.6) is 0 Å². The molecule has 114 valence electrons. The summed E-state index contributed by atoms with van der Waals surface area (Å²) in [5.41, 5.74) is 0.653. The number of anilines is 1. The maximum atomic E-state index is 14.3. The third-order valence-electron chi connectivity index (χ3n) is 3.44. The number of rotatable bonds is 8. The molecule has 0 saturated carbocycles. The molecule has 0 aromatic heterocycles. The second kappa shape index (κ2) is 8.57. The summed E-state index contributed by atoms with van der Waals surface area (Å²) >= 11 is 3.22. The Hall–Kier alpha value is -0.680. The summed E-state index contributed by atoms with van der Waals surface area (Å²) < 4.78 is 33.6. The van der Waals surface area contributed by atoms with Crippen LogP contribution in [0.25, 0.3) is 0 Å². The van der Waals surface area contributed by atoms with E-state index in [0.29, 0.717) is 24.0 Å². The molecule has 0 saturated heterocycles. The predicted octanol–water partition coefficient (Wildman–Crippen LogP) is 4.50. The molecule has 0 unspecified atom stereocenters. The van der Waals surface area contributed by atoms with Crippen molar-refractivity contribution in [3.63, 3.8) is 0 Å². The van der Waals surface area contributed by atoms with Crippen LogP contribution >= 0.6 is 15.9 Å². The fraction of sp³-hybridized carbons (Fsp3) is 0.600. The van der Waals surface area contributed by atoms with Crippen LogP contribution in [0, 0.1) is 11.6 Å². The SMILES string of the molecule is CCC(CC)N(CCOC)c1c(F)cc(CBr)cc1F. The van der Waals surface area contributed by atoms with Crippen LogP contribution in [-0.2, 0) is 10.1 Å².